The molecule has 0 saturated carbocycles. The summed E-state index contributed by atoms with van der Waals surface area (Å²) in [5.41, 5.74) is -2.69. The van der Waals surface area contributed by atoms with E-state index in [0.717, 1.165) is 10.0 Å². The zero-order chi connectivity index (χ0) is 42.4. The number of ether oxygens (including phenoxy) is 7. The molecule has 326 valence electrons. The minimum absolute atomic E-state index is 0.0809. The van der Waals surface area contributed by atoms with Gasteiger partial charge >= 0.3 is 5.97 Å². The van der Waals surface area contributed by atoms with E-state index < -0.39 is 102 Å². The lowest BCUT2D eigenvalue weighted by Crippen LogP contribution is -2.60. The van der Waals surface area contributed by atoms with Gasteiger partial charge in [0, 0.05) is 42.4 Å². The van der Waals surface area contributed by atoms with Gasteiger partial charge in [0.15, 0.2) is 12.6 Å². The van der Waals surface area contributed by atoms with E-state index in [2.05, 4.69) is 39.9 Å². The predicted octanol–water partition coefficient (Wildman–Crippen LogP) is 4.96. The van der Waals surface area contributed by atoms with Crippen LogP contribution in [0.1, 0.15) is 100 Å². The summed E-state index contributed by atoms with van der Waals surface area (Å²) in [6.07, 6.45) is -7.79. The topological polar surface area (TPSA) is 166 Å². The molecule has 14 heteroatoms. The van der Waals surface area contributed by atoms with Crippen molar-refractivity contribution in [3.63, 3.8) is 0 Å². The molecule has 4 N–H and O–H groups in total. The summed E-state index contributed by atoms with van der Waals surface area (Å²) in [5.74, 6) is -2.78. The number of likely N-dealkylation sites (N-methyl/N-ethyl adjacent to an activating group) is 1. The highest BCUT2D eigenvalue weighted by Gasteiger charge is 2.59. The van der Waals surface area contributed by atoms with Crippen LogP contribution in [0.25, 0.3) is 0 Å². The average molecular weight is 873 g/mol. The molecule has 0 aliphatic carbocycles. The molecule has 5 rings (SSSR count). The maximum atomic E-state index is 14.4. The normalized spacial score (nSPS) is 44.9. The molecule has 2 bridgehead atoms. The Labute approximate surface area is 348 Å². The maximum Gasteiger partial charge on any atom is 0.311 e. The lowest BCUT2D eigenvalue weighted by molar-refractivity contribution is -0.318. The molecule has 57 heavy (non-hydrogen) atoms. The second-order valence-electron chi connectivity index (χ2n) is 18.3. The van der Waals surface area contributed by atoms with Crippen LogP contribution in [-0.2, 0) is 44.5 Å². The molecule has 4 heterocycles. The fourth-order valence-corrected chi connectivity index (χ4v) is 10.4. The Bertz CT molecular complexity index is 1490. The monoisotopic (exact) mass is 871 g/mol. The van der Waals surface area contributed by atoms with Crippen molar-refractivity contribution in [2.24, 2.45) is 23.7 Å². The Balaban J connectivity index is 1.55. The highest BCUT2D eigenvalue weighted by molar-refractivity contribution is 9.10. The summed E-state index contributed by atoms with van der Waals surface area (Å²) in [4.78, 5) is 16.6. The number of aliphatic hydroxyl groups is 4. The molecule has 4 fully saturated rings. The number of hydrogen-bond acceptors (Lipinski definition) is 13. The van der Waals surface area contributed by atoms with Crippen molar-refractivity contribution >= 4 is 21.9 Å². The lowest BCUT2D eigenvalue weighted by Gasteiger charge is -2.48. The minimum Gasteiger partial charge on any atom is -0.459 e. The number of carbonyl (C=O) groups is 1. The first kappa shape index (κ1) is 46.8. The van der Waals surface area contributed by atoms with Gasteiger partial charge in [-0.05, 0) is 91.5 Å². The Morgan fingerprint density at radius 1 is 1.02 bits per heavy atom. The van der Waals surface area contributed by atoms with Gasteiger partial charge in [0.25, 0.3) is 0 Å². The Morgan fingerprint density at radius 3 is 2.28 bits per heavy atom. The molecule has 0 amide bonds. The third kappa shape index (κ3) is 9.78. The number of esters is 1. The molecular weight excluding hydrogens is 802 g/mol. The van der Waals surface area contributed by atoms with E-state index in [1.807, 2.05) is 46.9 Å². The molecule has 8 unspecified atom stereocenters. The van der Waals surface area contributed by atoms with Gasteiger partial charge in [-0.3, -0.25) is 9.69 Å². The molecule has 0 radical (unpaired) electrons. The standard InChI is InChI=1S/C43H70BrNO12/c1-13-31(46)43(10,50)38-24(4)34-22(2)19-42(9,57-34)37(56-40-33(47)30(18-23(3)52-40)45(11)21-28-14-16-29(44)17-15-28)25(5)35(26(6)39(49)55-38)54-32-20-41(8,51-12)36(48)27(7)53-32/h14-17,22-27,30-38,40,46-48,50H,13,18-21H2,1-12H3/t22?,23?,24-,25-,26+,27?,30?,31+,32-,33?,34?,35-,36-,37+,38+,40-,41?,42?,43+/m0/s1. The molecular formula is C43H70BrNO12. The molecule has 4 aliphatic heterocycles. The van der Waals surface area contributed by atoms with Gasteiger partial charge < -0.3 is 53.6 Å². The van der Waals surface area contributed by atoms with E-state index in [-0.39, 0.29) is 30.9 Å². The van der Waals surface area contributed by atoms with Gasteiger partial charge in [-0.25, -0.2) is 0 Å². The Hall–Kier alpha value is -1.27. The second kappa shape index (κ2) is 18.4. The molecule has 4 saturated heterocycles. The van der Waals surface area contributed by atoms with Crippen LogP contribution in [0.2, 0.25) is 0 Å². The van der Waals surface area contributed by atoms with Crippen molar-refractivity contribution in [2.45, 2.75) is 192 Å². The smallest absolute Gasteiger partial charge is 0.311 e. The SMILES string of the molecule is CC[C@@H](O)[C@@](C)(O)[C@@H]1OC(=O)[C@H](C)[C@@H](O[C@H]2CC(C)(OC)[C@@H](O)C(C)O2)[C@H](C)[C@@H](O[C@@H]2OC(C)CC(N(C)Cc3ccc(Br)cc3)C2O)C2(C)CC(C)C(O2)[C@@H]1C. The average Bonchev–Trinajstić information content (AvgIpc) is 3.48. The lowest BCUT2D eigenvalue weighted by atomic mass is 9.76. The fourth-order valence-electron chi connectivity index (χ4n) is 10.1. The number of halogens is 1. The largest absolute Gasteiger partial charge is 0.459 e. The summed E-state index contributed by atoms with van der Waals surface area (Å²) in [6, 6.07) is 7.81. The van der Waals surface area contributed by atoms with E-state index in [0.29, 0.717) is 19.4 Å². The van der Waals surface area contributed by atoms with Gasteiger partial charge in [-0.1, -0.05) is 55.8 Å². The van der Waals surface area contributed by atoms with Crippen molar-refractivity contribution in [3.8, 4) is 0 Å². The van der Waals surface area contributed by atoms with Crippen LogP contribution in [0.4, 0.5) is 0 Å². The number of cyclic esters (lactones) is 1. The van der Waals surface area contributed by atoms with Crippen LogP contribution in [0, 0.1) is 23.7 Å². The molecule has 19 atom stereocenters. The summed E-state index contributed by atoms with van der Waals surface area (Å²) in [7, 11) is 3.52. The van der Waals surface area contributed by atoms with E-state index in [4.69, 9.17) is 33.2 Å². The maximum absolute atomic E-state index is 14.4. The quantitative estimate of drug-likeness (QED) is 0.221. The van der Waals surface area contributed by atoms with E-state index >= 15 is 0 Å². The van der Waals surface area contributed by atoms with E-state index in [1.54, 1.807) is 27.7 Å². The zero-order valence-electron chi connectivity index (χ0n) is 36.0. The first-order valence-electron chi connectivity index (χ1n) is 20.8. The third-order valence-electron chi connectivity index (χ3n) is 13.6. The van der Waals surface area contributed by atoms with E-state index in [1.165, 1.54) is 14.0 Å². The van der Waals surface area contributed by atoms with E-state index in [9.17, 15) is 25.2 Å². The predicted molar refractivity (Wildman–Crippen MR) is 216 cm³/mol. The van der Waals surface area contributed by atoms with Crippen molar-refractivity contribution in [2.75, 3.05) is 14.2 Å². The molecule has 0 aromatic heterocycles. The first-order chi connectivity index (χ1) is 26.6. The van der Waals surface area contributed by atoms with Crippen molar-refractivity contribution < 1.29 is 58.4 Å². The molecule has 0 spiro atoms. The first-order valence-corrected chi connectivity index (χ1v) is 21.6. The third-order valence-corrected chi connectivity index (χ3v) is 14.1. The highest BCUT2D eigenvalue weighted by atomic mass is 79.9. The van der Waals surface area contributed by atoms with Crippen LogP contribution >= 0.6 is 15.9 Å². The van der Waals surface area contributed by atoms with Gasteiger partial charge in [-0.15, -0.1) is 0 Å². The van der Waals surface area contributed by atoms with Crippen LogP contribution in [0.3, 0.4) is 0 Å². The number of benzene rings is 1. The van der Waals surface area contributed by atoms with Gasteiger partial charge in [0.05, 0.1) is 53.7 Å². The van der Waals surface area contributed by atoms with Crippen molar-refractivity contribution in [3.05, 3.63) is 34.3 Å². The number of aliphatic hydroxyl groups excluding tert-OH is 3. The molecule has 4 aliphatic rings. The van der Waals surface area contributed by atoms with Gasteiger partial charge in [-0.2, -0.15) is 0 Å². The summed E-state index contributed by atoms with van der Waals surface area (Å²) < 4.78 is 46.7. The van der Waals surface area contributed by atoms with Crippen LogP contribution < -0.4 is 0 Å². The van der Waals surface area contributed by atoms with Crippen LogP contribution in [0.15, 0.2) is 28.7 Å². The number of hydrogen-bond donors (Lipinski definition) is 4. The van der Waals surface area contributed by atoms with Crippen molar-refractivity contribution in [1.82, 2.24) is 4.90 Å². The minimum atomic E-state index is -1.80. The number of rotatable bonds is 11. The summed E-state index contributed by atoms with van der Waals surface area (Å²) in [6.45, 7) is 19.0. The fraction of sp³-hybridized carbons (Fsp3) is 0.837. The Kier molecular flexibility index (Phi) is 15.1. The summed E-state index contributed by atoms with van der Waals surface area (Å²) >= 11 is 3.51. The van der Waals surface area contributed by atoms with Crippen LogP contribution in [-0.4, -0.2) is 136 Å². The van der Waals surface area contributed by atoms with Gasteiger partial charge in [0.1, 0.15) is 23.9 Å². The number of methoxy groups -OCH3 is 1. The molecule has 1 aromatic rings. The molecule has 1 aromatic carbocycles. The second-order valence-corrected chi connectivity index (χ2v) is 19.3. The van der Waals surface area contributed by atoms with Gasteiger partial charge in [0.2, 0.25) is 0 Å². The highest BCUT2D eigenvalue weighted by Crippen LogP contribution is 2.48. The summed E-state index contributed by atoms with van der Waals surface area (Å²) in [5, 5.41) is 46.0. The molecule has 13 nitrogen and oxygen atoms in total. The zero-order valence-corrected chi connectivity index (χ0v) is 37.5. The number of nitrogens with zero attached hydrogens (tertiary/aromatic N) is 1. The number of carbonyl (C=O) groups excluding carboxylic acids is 1. The van der Waals surface area contributed by atoms with Crippen LogP contribution in [0.5, 0.6) is 0 Å². The number of fused-ring (bicyclic) bond motifs is 2. The Morgan fingerprint density at radius 2 is 1.67 bits per heavy atom. The van der Waals surface area contributed by atoms with Crippen molar-refractivity contribution in [1.29, 1.82) is 0 Å².